The van der Waals surface area contributed by atoms with E-state index in [1.807, 2.05) is 0 Å². The smallest absolute Gasteiger partial charge is 0.272 e. The molecule has 0 radical (unpaired) electrons. The number of nitro groups is 1. The van der Waals surface area contributed by atoms with E-state index in [1.165, 1.54) is 6.07 Å². The molecule has 0 saturated carbocycles. The minimum Gasteiger partial charge on any atom is -0.398 e. The summed E-state index contributed by atoms with van der Waals surface area (Å²) >= 11 is 0. The number of hydrogen-bond acceptors (Lipinski definition) is 3. The fraction of sp³-hybridized carbons (Fsp3) is 0.250. The fourth-order valence-electron chi connectivity index (χ4n) is 1.03. The standard InChI is InChI=1S/C8H10N2O2/c1-5-6(2)8(10(11)12)4-3-7(5)9/h3-4H,9H2,1-2H3. The van der Waals surface area contributed by atoms with Gasteiger partial charge >= 0.3 is 0 Å². The van der Waals surface area contributed by atoms with Crippen molar-refractivity contribution < 1.29 is 4.92 Å². The van der Waals surface area contributed by atoms with Gasteiger partial charge in [-0.05, 0) is 25.5 Å². The molecule has 0 unspecified atom stereocenters. The van der Waals surface area contributed by atoms with Gasteiger partial charge in [-0.15, -0.1) is 0 Å². The predicted octanol–water partition coefficient (Wildman–Crippen LogP) is 1.79. The van der Waals surface area contributed by atoms with Gasteiger partial charge in [0.2, 0.25) is 0 Å². The van der Waals surface area contributed by atoms with Gasteiger partial charge < -0.3 is 5.73 Å². The Bertz CT molecular complexity index is 334. The van der Waals surface area contributed by atoms with Gasteiger partial charge in [0.15, 0.2) is 0 Å². The van der Waals surface area contributed by atoms with Gasteiger partial charge in [0, 0.05) is 17.3 Å². The second-order valence-electron chi connectivity index (χ2n) is 2.68. The van der Waals surface area contributed by atoms with E-state index in [2.05, 4.69) is 0 Å². The summed E-state index contributed by atoms with van der Waals surface area (Å²) in [4.78, 5) is 10.0. The molecular weight excluding hydrogens is 156 g/mol. The van der Waals surface area contributed by atoms with E-state index in [0.717, 1.165) is 5.56 Å². The first-order chi connectivity index (χ1) is 5.54. The molecule has 64 valence electrons. The molecule has 0 atom stereocenters. The summed E-state index contributed by atoms with van der Waals surface area (Å²) in [6, 6.07) is 2.98. The van der Waals surface area contributed by atoms with Gasteiger partial charge in [0.1, 0.15) is 0 Å². The van der Waals surface area contributed by atoms with E-state index in [9.17, 15) is 10.1 Å². The third-order valence-electron chi connectivity index (χ3n) is 2.00. The molecule has 4 nitrogen and oxygen atoms in total. The van der Waals surface area contributed by atoms with Crippen molar-refractivity contribution in [2.45, 2.75) is 13.8 Å². The fourth-order valence-corrected chi connectivity index (χ4v) is 1.03. The molecule has 0 spiro atoms. The highest BCUT2D eigenvalue weighted by molar-refractivity contribution is 5.57. The molecule has 1 aromatic carbocycles. The van der Waals surface area contributed by atoms with Crippen molar-refractivity contribution in [1.82, 2.24) is 0 Å². The summed E-state index contributed by atoms with van der Waals surface area (Å²) in [5, 5.41) is 10.5. The number of nitrogens with zero attached hydrogens (tertiary/aromatic N) is 1. The lowest BCUT2D eigenvalue weighted by Crippen LogP contribution is -1.97. The van der Waals surface area contributed by atoms with Crippen molar-refractivity contribution in [2.75, 3.05) is 5.73 Å². The summed E-state index contributed by atoms with van der Waals surface area (Å²) in [6.07, 6.45) is 0. The topological polar surface area (TPSA) is 69.2 Å². The largest absolute Gasteiger partial charge is 0.398 e. The Morgan fingerprint density at radius 2 is 1.92 bits per heavy atom. The highest BCUT2D eigenvalue weighted by atomic mass is 16.6. The van der Waals surface area contributed by atoms with Crippen molar-refractivity contribution in [2.24, 2.45) is 0 Å². The Morgan fingerprint density at radius 3 is 2.42 bits per heavy atom. The van der Waals surface area contributed by atoms with Crippen LogP contribution in [0, 0.1) is 24.0 Å². The maximum atomic E-state index is 10.5. The lowest BCUT2D eigenvalue weighted by atomic mass is 10.1. The Labute approximate surface area is 70.2 Å². The first-order valence-corrected chi connectivity index (χ1v) is 3.54. The molecule has 1 aromatic rings. The Morgan fingerprint density at radius 1 is 1.33 bits per heavy atom. The van der Waals surface area contributed by atoms with Crippen LogP contribution in [0.1, 0.15) is 11.1 Å². The zero-order valence-corrected chi connectivity index (χ0v) is 7.00. The first-order valence-electron chi connectivity index (χ1n) is 3.54. The minimum atomic E-state index is -0.401. The van der Waals surface area contributed by atoms with Crippen molar-refractivity contribution in [1.29, 1.82) is 0 Å². The van der Waals surface area contributed by atoms with Crippen molar-refractivity contribution in [3.63, 3.8) is 0 Å². The van der Waals surface area contributed by atoms with Crippen molar-refractivity contribution >= 4 is 11.4 Å². The van der Waals surface area contributed by atoms with Crippen LogP contribution in [0.4, 0.5) is 11.4 Å². The lowest BCUT2D eigenvalue weighted by molar-refractivity contribution is -0.385. The Hall–Kier alpha value is -1.58. The van der Waals surface area contributed by atoms with Crippen LogP contribution in [0.5, 0.6) is 0 Å². The molecule has 0 fully saturated rings. The van der Waals surface area contributed by atoms with E-state index in [1.54, 1.807) is 19.9 Å². The number of nitrogens with two attached hydrogens (primary N) is 1. The van der Waals surface area contributed by atoms with Gasteiger partial charge in [0.25, 0.3) is 5.69 Å². The van der Waals surface area contributed by atoms with E-state index in [-0.39, 0.29) is 5.69 Å². The molecule has 0 heterocycles. The van der Waals surface area contributed by atoms with Crippen LogP contribution in [0.2, 0.25) is 0 Å². The first kappa shape index (κ1) is 8.52. The second kappa shape index (κ2) is 2.81. The van der Waals surface area contributed by atoms with Crippen LogP contribution in [-0.2, 0) is 0 Å². The van der Waals surface area contributed by atoms with Crippen LogP contribution < -0.4 is 5.73 Å². The quantitative estimate of drug-likeness (QED) is 0.393. The van der Waals surface area contributed by atoms with Gasteiger partial charge in [-0.1, -0.05) is 0 Å². The number of hydrogen-bond donors (Lipinski definition) is 1. The van der Waals surface area contributed by atoms with E-state index >= 15 is 0 Å². The number of nitrogen functional groups attached to an aromatic ring is 1. The van der Waals surface area contributed by atoms with Crippen LogP contribution in [-0.4, -0.2) is 4.92 Å². The molecule has 1 rings (SSSR count). The zero-order chi connectivity index (χ0) is 9.30. The Balaban J connectivity index is 3.36. The SMILES string of the molecule is Cc1c(N)ccc([N+](=O)[O-])c1C. The van der Waals surface area contributed by atoms with Crippen LogP contribution in [0.25, 0.3) is 0 Å². The highest BCUT2D eigenvalue weighted by Gasteiger charge is 2.12. The Kier molecular flexibility index (Phi) is 1.99. The number of anilines is 1. The third kappa shape index (κ3) is 1.23. The molecule has 0 bridgehead atoms. The number of benzene rings is 1. The van der Waals surface area contributed by atoms with Gasteiger partial charge in [-0.3, -0.25) is 10.1 Å². The van der Waals surface area contributed by atoms with Crippen LogP contribution in [0.15, 0.2) is 12.1 Å². The van der Waals surface area contributed by atoms with Crippen molar-refractivity contribution in [3.05, 3.63) is 33.4 Å². The number of rotatable bonds is 1. The average Bonchev–Trinajstić information content (AvgIpc) is 2.00. The molecule has 0 saturated heterocycles. The molecule has 4 heteroatoms. The monoisotopic (exact) mass is 166 g/mol. The highest BCUT2D eigenvalue weighted by Crippen LogP contribution is 2.24. The van der Waals surface area contributed by atoms with E-state index < -0.39 is 4.92 Å². The summed E-state index contributed by atoms with van der Waals surface area (Å²) in [6.45, 7) is 3.47. The van der Waals surface area contributed by atoms with E-state index in [4.69, 9.17) is 5.73 Å². The molecular formula is C8H10N2O2. The van der Waals surface area contributed by atoms with Crippen molar-refractivity contribution in [3.8, 4) is 0 Å². The van der Waals surface area contributed by atoms with Crippen LogP contribution >= 0.6 is 0 Å². The van der Waals surface area contributed by atoms with Gasteiger partial charge in [-0.2, -0.15) is 0 Å². The summed E-state index contributed by atoms with van der Waals surface area (Å²) in [7, 11) is 0. The second-order valence-corrected chi connectivity index (χ2v) is 2.68. The lowest BCUT2D eigenvalue weighted by Gasteiger charge is -2.03. The molecule has 0 amide bonds. The average molecular weight is 166 g/mol. The molecule has 2 N–H and O–H groups in total. The molecule has 0 aromatic heterocycles. The summed E-state index contributed by atoms with van der Waals surface area (Å²) in [5.74, 6) is 0. The summed E-state index contributed by atoms with van der Waals surface area (Å²) < 4.78 is 0. The maximum Gasteiger partial charge on any atom is 0.272 e. The van der Waals surface area contributed by atoms with E-state index in [0.29, 0.717) is 11.3 Å². The molecule has 0 aliphatic carbocycles. The molecule has 0 aliphatic rings. The van der Waals surface area contributed by atoms with Crippen LogP contribution in [0.3, 0.4) is 0 Å². The minimum absolute atomic E-state index is 0.127. The third-order valence-corrected chi connectivity index (χ3v) is 2.00. The molecule has 12 heavy (non-hydrogen) atoms. The molecule has 0 aliphatic heterocycles. The summed E-state index contributed by atoms with van der Waals surface area (Å²) in [5.41, 5.74) is 7.71. The van der Waals surface area contributed by atoms with Gasteiger partial charge in [-0.25, -0.2) is 0 Å². The van der Waals surface area contributed by atoms with Gasteiger partial charge in [0.05, 0.1) is 4.92 Å². The number of nitro benzene ring substituents is 1. The zero-order valence-electron chi connectivity index (χ0n) is 7.00. The predicted molar refractivity (Wildman–Crippen MR) is 47.0 cm³/mol. The maximum absolute atomic E-state index is 10.5. The normalized spacial score (nSPS) is 9.83.